The van der Waals surface area contributed by atoms with Crippen molar-refractivity contribution < 1.29 is 14.6 Å². The molecule has 0 saturated carbocycles. The predicted octanol–water partition coefficient (Wildman–Crippen LogP) is 2.06. The summed E-state index contributed by atoms with van der Waals surface area (Å²) in [5, 5.41) is 19.2. The molecule has 3 rings (SSSR count). The summed E-state index contributed by atoms with van der Waals surface area (Å²) in [7, 11) is 0. The maximum absolute atomic E-state index is 12.5. The first-order valence-corrected chi connectivity index (χ1v) is 8.99. The van der Waals surface area contributed by atoms with Gasteiger partial charge in [-0.05, 0) is 45.7 Å². The molecular formula is C19H26N4O3. The van der Waals surface area contributed by atoms with Gasteiger partial charge in [0.1, 0.15) is 17.0 Å². The van der Waals surface area contributed by atoms with E-state index in [4.69, 9.17) is 4.74 Å². The van der Waals surface area contributed by atoms with Gasteiger partial charge in [0.2, 0.25) is 0 Å². The van der Waals surface area contributed by atoms with Crippen LogP contribution in [0, 0.1) is 6.92 Å². The van der Waals surface area contributed by atoms with Crippen LogP contribution in [-0.4, -0.2) is 50.6 Å². The molecule has 1 amide bonds. The topological polar surface area (TPSA) is 80.5 Å². The summed E-state index contributed by atoms with van der Waals surface area (Å²) in [5.74, 6) is 0.524. The first kappa shape index (κ1) is 18.4. The molecule has 1 aliphatic heterocycles. The van der Waals surface area contributed by atoms with Crippen molar-refractivity contribution in [2.45, 2.75) is 45.3 Å². The maximum atomic E-state index is 12.5. The molecule has 7 heteroatoms. The number of aryl methyl sites for hydroxylation is 1. The van der Waals surface area contributed by atoms with E-state index in [1.54, 1.807) is 15.8 Å². The largest absolute Gasteiger partial charge is 0.484 e. The first-order chi connectivity index (χ1) is 12.4. The molecule has 1 atom stereocenters. The molecule has 2 aromatic rings. The normalized spacial score (nSPS) is 20.4. The van der Waals surface area contributed by atoms with Crippen LogP contribution in [0.2, 0.25) is 0 Å². The summed E-state index contributed by atoms with van der Waals surface area (Å²) in [5.41, 5.74) is 0.493. The Hall–Kier alpha value is -2.41. The number of benzene rings is 1. The average molecular weight is 358 g/mol. The summed E-state index contributed by atoms with van der Waals surface area (Å²) in [6, 6.07) is 7.75. The minimum Gasteiger partial charge on any atom is -0.484 e. The lowest BCUT2D eigenvalue weighted by Crippen LogP contribution is -2.50. The highest BCUT2D eigenvalue weighted by molar-refractivity contribution is 5.78. The second-order valence-electron chi connectivity index (χ2n) is 7.23. The lowest BCUT2D eigenvalue weighted by atomic mass is 9.90. The molecule has 140 valence electrons. The first-order valence-electron chi connectivity index (χ1n) is 8.99. The van der Waals surface area contributed by atoms with Crippen LogP contribution in [0.4, 0.5) is 0 Å². The van der Waals surface area contributed by atoms with Gasteiger partial charge in [0.25, 0.3) is 5.91 Å². The number of carbonyl (C=O) groups excluding carboxylic acids is 1. The van der Waals surface area contributed by atoms with E-state index in [1.807, 2.05) is 45.0 Å². The number of amides is 1. The van der Waals surface area contributed by atoms with Gasteiger partial charge in [0.15, 0.2) is 6.61 Å². The lowest BCUT2D eigenvalue weighted by molar-refractivity contribution is -0.141. The zero-order valence-corrected chi connectivity index (χ0v) is 15.6. The van der Waals surface area contributed by atoms with Crippen molar-refractivity contribution >= 4 is 5.91 Å². The number of aliphatic hydroxyl groups is 1. The molecule has 0 radical (unpaired) electrons. The number of ether oxygens (including phenoxy) is 1. The van der Waals surface area contributed by atoms with Crippen LogP contribution < -0.4 is 4.74 Å². The fourth-order valence-corrected chi connectivity index (χ4v) is 3.07. The third-order valence-electron chi connectivity index (χ3n) is 4.72. The van der Waals surface area contributed by atoms with Crippen LogP contribution in [0.25, 0.3) is 0 Å². The van der Waals surface area contributed by atoms with Crippen LogP contribution in [-0.2, 0) is 10.4 Å². The van der Waals surface area contributed by atoms with Crippen molar-refractivity contribution in [2.75, 3.05) is 19.7 Å². The fourth-order valence-electron chi connectivity index (χ4n) is 3.07. The van der Waals surface area contributed by atoms with Crippen LogP contribution in [0.5, 0.6) is 5.75 Å². The Labute approximate surface area is 153 Å². The minimum absolute atomic E-state index is 0.0438. The number of rotatable bonds is 5. The highest BCUT2D eigenvalue weighted by Crippen LogP contribution is 2.30. The number of aromatic nitrogens is 3. The molecule has 26 heavy (non-hydrogen) atoms. The van der Waals surface area contributed by atoms with E-state index >= 15 is 0 Å². The molecule has 2 heterocycles. The number of hydrogen-bond acceptors (Lipinski definition) is 5. The standard InChI is InChI=1S/C19H26N4O3/c1-14(2)23-11-17(20-21-23)19(25)9-4-10-22(13-19)18(24)12-26-16-7-5-15(3)6-8-16/h5-8,11,14,25H,4,9-10,12-13H2,1-3H3. The Morgan fingerprint density at radius 2 is 2.08 bits per heavy atom. The summed E-state index contributed by atoms with van der Waals surface area (Å²) >= 11 is 0. The van der Waals surface area contributed by atoms with Gasteiger partial charge in [0, 0.05) is 12.6 Å². The van der Waals surface area contributed by atoms with Gasteiger partial charge < -0.3 is 14.7 Å². The molecule has 1 fully saturated rings. The molecule has 7 nitrogen and oxygen atoms in total. The Balaban J connectivity index is 1.63. The van der Waals surface area contributed by atoms with Crippen molar-refractivity contribution in [1.82, 2.24) is 19.9 Å². The van der Waals surface area contributed by atoms with Crippen molar-refractivity contribution in [3.8, 4) is 5.75 Å². The highest BCUT2D eigenvalue weighted by atomic mass is 16.5. The molecule has 1 saturated heterocycles. The monoisotopic (exact) mass is 358 g/mol. The fraction of sp³-hybridized carbons (Fsp3) is 0.526. The van der Waals surface area contributed by atoms with Gasteiger partial charge in [0.05, 0.1) is 12.7 Å². The van der Waals surface area contributed by atoms with Crippen molar-refractivity contribution in [3.63, 3.8) is 0 Å². The van der Waals surface area contributed by atoms with Gasteiger partial charge in [-0.2, -0.15) is 0 Å². The van der Waals surface area contributed by atoms with Crippen molar-refractivity contribution in [1.29, 1.82) is 0 Å². The molecule has 0 aliphatic carbocycles. The van der Waals surface area contributed by atoms with Gasteiger partial charge in [-0.3, -0.25) is 4.79 Å². The van der Waals surface area contributed by atoms with Crippen LogP contribution in [0.15, 0.2) is 30.5 Å². The lowest BCUT2D eigenvalue weighted by Gasteiger charge is -2.37. The molecule has 1 unspecified atom stereocenters. The predicted molar refractivity (Wildman–Crippen MR) is 96.8 cm³/mol. The Morgan fingerprint density at radius 1 is 1.35 bits per heavy atom. The molecule has 1 aliphatic rings. The molecule has 1 aromatic heterocycles. The number of carbonyl (C=O) groups is 1. The third kappa shape index (κ3) is 4.04. The summed E-state index contributed by atoms with van der Waals surface area (Å²) in [4.78, 5) is 14.2. The second kappa shape index (κ2) is 7.45. The van der Waals surface area contributed by atoms with E-state index < -0.39 is 5.60 Å². The molecule has 1 aromatic carbocycles. The van der Waals surface area contributed by atoms with Crippen LogP contribution >= 0.6 is 0 Å². The summed E-state index contributed by atoms with van der Waals surface area (Å²) in [6.07, 6.45) is 3.04. The molecule has 0 spiro atoms. The number of hydrogen-bond donors (Lipinski definition) is 1. The van der Waals surface area contributed by atoms with Gasteiger partial charge in [-0.1, -0.05) is 22.9 Å². The summed E-state index contributed by atoms with van der Waals surface area (Å²) in [6.45, 7) is 6.77. The quantitative estimate of drug-likeness (QED) is 0.885. The second-order valence-corrected chi connectivity index (χ2v) is 7.23. The van der Waals surface area contributed by atoms with E-state index in [9.17, 15) is 9.90 Å². The molecule has 1 N–H and O–H groups in total. The SMILES string of the molecule is Cc1ccc(OCC(=O)N2CCCC(O)(c3cn(C(C)C)nn3)C2)cc1. The van der Waals surface area contributed by atoms with Gasteiger partial charge in [-0.15, -0.1) is 5.10 Å². The minimum atomic E-state index is -1.16. The Kier molecular flexibility index (Phi) is 5.27. The maximum Gasteiger partial charge on any atom is 0.260 e. The highest BCUT2D eigenvalue weighted by Gasteiger charge is 2.39. The van der Waals surface area contributed by atoms with Crippen molar-refractivity contribution in [3.05, 3.63) is 41.7 Å². The van der Waals surface area contributed by atoms with E-state index in [2.05, 4.69) is 10.3 Å². The third-order valence-corrected chi connectivity index (χ3v) is 4.72. The zero-order chi connectivity index (χ0) is 18.7. The molecule has 0 bridgehead atoms. The van der Waals surface area contributed by atoms with E-state index in [0.29, 0.717) is 30.8 Å². The van der Waals surface area contributed by atoms with E-state index in [1.165, 1.54) is 0 Å². The number of likely N-dealkylation sites (tertiary alicyclic amines) is 1. The summed E-state index contributed by atoms with van der Waals surface area (Å²) < 4.78 is 7.30. The Morgan fingerprint density at radius 3 is 2.73 bits per heavy atom. The number of nitrogens with zero attached hydrogens (tertiary/aromatic N) is 4. The molecular weight excluding hydrogens is 332 g/mol. The smallest absolute Gasteiger partial charge is 0.260 e. The van der Waals surface area contributed by atoms with Crippen LogP contribution in [0.3, 0.4) is 0 Å². The number of β-amino-alcohol motifs (C(OH)–C–C–N with tert-alkyl or cyclic N) is 1. The Bertz CT molecular complexity index is 756. The van der Waals surface area contributed by atoms with E-state index in [-0.39, 0.29) is 25.1 Å². The number of piperidine rings is 1. The van der Waals surface area contributed by atoms with E-state index in [0.717, 1.165) is 5.56 Å². The average Bonchev–Trinajstić information content (AvgIpc) is 3.12. The van der Waals surface area contributed by atoms with Crippen LogP contribution in [0.1, 0.15) is 44.0 Å². The van der Waals surface area contributed by atoms with Gasteiger partial charge >= 0.3 is 0 Å². The van der Waals surface area contributed by atoms with Crippen molar-refractivity contribution in [2.24, 2.45) is 0 Å². The van der Waals surface area contributed by atoms with Gasteiger partial charge in [-0.25, -0.2) is 4.68 Å². The zero-order valence-electron chi connectivity index (χ0n) is 15.6.